The van der Waals surface area contributed by atoms with Crippen LogP contribution >= 0.6 is 0 Å². The van der Waals surface area contributed by atoms with Crippen molar-refractivity contribution in [2.24, 2.45) is 5.41 Å². The third-order valence-electron chi connectivity index (χ3n) is 5.02. The number of benzene rings is 1. The number of rotatable bonds is 8. The van der Waals surface area contributed by atoms with Crippen LogP contribution in [-0.4, -0.2) is 36.7 Å². The Balaban J connectivity index is 2.01. The van der Waals surface area contributed by atoms with Gasteiger partial charge in [0.25, 0.3) is 0 Å². The standard InChI is InChI=1S/C21H30O5/c1-5-17(23)11-19-21(3,4)20(25-15(2)22)12-18(26-19)14-24-13-16-9-7-6-8-10-16/h6-10,18-20H,5,11-14H2,1-4H3/t18-,19+,20+/m0/s1. The van der Waals surface area contributed by atoms with Crippen LogP contribution in [-0.2, 0) is 30.4 Å². The van der Waals surface area contributed by atoms with E-state index in [2.05, 4.69) is 0 Å². The van der Waals surface area contributed by atoms with Crippen molar-refractivity contribution in [1.82, 2.24) is 0 Å². The monoisotopic (exact) mass is 362 g/mol. The minimum absolute atomic E-state index is 0.149. The van der Waals surface area contributed by atoms with E-state index in [-0.39, 0.29) is 30.1 Å². The quantitative estimate of drug-likeness (QED) is 0.660. The highest BCUT2D eigenvalue weighted by molar-refractivity contribution is 5.78. The first-order valence-corrected chi connectivity index (χ1v) is 9.29. The lowest BCUT2D eigenvalue weighted by Crippen LogP contribution is -2.53. The van der Waals surface area contributed by atoms with Crippen molar-refractivity contribution in [3.05, 3.63) is 35.9 Å². The maximum atomic E-state index is 12.0. The van der Waals surface area contributed by atoms with Gasteiger partial charge in [0.15, 0.2) is 0 Å². The SMILES string of the molecule is CCC(=O)C[C@H]1O[C@H](COCc2ccccc2)C[C@@H](OC(C)=O)C1(C)C. The second-order valence-electron chi connectivity index (χ2n) is 7.50. The molecule has 1 fully saturated rings. The molecule has 5 heteroatoms. The molecular formula is C21H30O5. The summed E-state index contributed by atoms with van der Waals surface area (Å²) >= 11 is 0. The van der Waals surface area contributed by atoms with Gasteiger partial charge >= 0.3 is 5.97 Å². The summed E-state index contributed by atoms with van der Waals surface area (Å²) in [6, 6.07) is 9.93. The number of Topliss-reactive ketones (excluding diaryl/α,β-unsaturated/α-hetero) is 1. The molecule has 0 aliphatic carbocycles. The maximum Gasteiger partial charge on any atom is 0.302 e. The molecule has 1 aliphatic heterocycles. The van der Waals surface area contributed by atoms with Crippen LogP contribution in [0, 0.1) is 5.41 Å². The van der Waals surface area contributed by atoms with E-state index in [9.17, 15) is 9.59 Å². The van der Waals surface area contributed by atoms with Crippen molar-refractivity contribution in [1.29, 1.82) is 0 Å². The highest BCUT2D eigenvalue weighted by Crippen LogP contribution is 2.40. The number of ether oxygens (including phenoxy) is 3. The van der Waals surface area contributed by atoms with E-state index < -0.39 is 5.41 Å². The molecule has 0 bridgehead atoms. The highest BCUT2D eigenvalue weighted by atomic mass is 16.6. The molecule has 1 aromatic carbocycles. The first-order chi connectivity index (χ1) is 12.3. The summed E-state index contributed by atoms with van der Waals surface area (Å²) in [5.41, 5.74) is 0.671. The largest absolute Gasteiger partial charge is 0.462 e. The van der Waals surface area contributed by atoms with E-state index in [0.29, 0.717) is 32.5 Å². The molecule has 26 heavy (non-hydrogen) atoms. The van der Waals surface area contributed by atoms with Gasteiger partial charge in [0.05, 0.1) is 25.4 Å². The average molecular weight is 362 g/mol. The second kappa shape index (κ2) is 9.28. The number of carbonyl (C=O) groups excluding carboxylic acids is 2. The Labute approximate surface area is 156 Å². The number of carbonyl (C=O) groups is 2. The van der Waals surface area contributed by atoms with Crippen molar-refractivity contribution in [3.8, 4) is 0 Å². The van der Waals surface area contributed by atoms with Gasteiger partial charge in [-0.3, -0.25) is 9.59 Å². The average Bonchev–Trinajstić information content (AvgIpc) is 2.59. The maximum absolute atomic E-state index is 12.0. The molecule has 1 heterocycles. The molecule has 3 atom stereocenters. The predicted octanol–water partition coefficient (Wildman–Crippen LogP) is 3.69. The normalized spacial score (nSPS) is 24.8. The number of ketones is 1. The van der Waals surface area contributed by atoms with Gasteiger partial charge < -0.3 is 14.2 Å². The van der Waals surface area contributed by atoms with Gasteiger partial charge in [-0.1, -0.05) is 51.1 Å². The van der Waals surface area contributed by atoms with Crippen LogP contribution in [0.5, 0.6) is 0 Å². The van der Waals surface area contributed by atoms with Crippen LogP contribution < -0.4 is 0 Å². The lowest BCUT2D eigenvalue weighted by molar-refractivity contribution is -0.205. The summed E-state index contributed by atoms with van der Waals surface area (Å²) in [6.45, 7) is 8.16. The van der Waals surface area contributed by atoms with Gasteiger partial charge in [-0.15, -0.1) is 0 Å². The molecule has 1 saturated heterocycles. The molecule has 0 amide bonds. The third kappa shape index (κ3) is 5.64. The highest BCUT2D eigenvalue weighted by Gasteiger charge is 2.47. The van der Waals surface area contributed by atoms with E-state index in [1.165, 1.54) is 6.92 Å². The fraction of sp³-hybridized carbons (Fsp3) is 0.619. The fourth-order valence-electron chi connectivity index (χ4n) is 3.27. The van der Waals surface area contributed by atoms with Crippen molar-refractivity contribution >= 4 is 11.8 Å². The minimum atomic E-state index is -0.424. The Kier molecular flexibility index (Phi) is 7.35. The molecule has 1 aliphatic rings. The molecule has 0 unspecified atom stereocenters. The van der Waals surface area contributed by atoms with E-state index in [4.69, 9.17) is 14.2 Å². The molecule has 2 rings (SSSR count). The van der Waals surface area contributed by atoms with Gasteiger partial charge in [0, 0.05) is 31.6 Å². The molecular weight excluding hydrogens is 332 g/mol. The van der Waals surface area contributed by atoms with E-state index in [0.717, 1.165) is 5.56 Å². The summed E-state index contributed by atoms with van der Waals surface area (Å²) < 4.78 is 17.6. The number of hydrogen-bond acceptors (Lipinski definition) is 5. The van der Waals surface area contributed by atoms with Crippen LogP contribution in [0.4, 0.5) is 0 Å². The first kappa shape index (κ1) is 20.6. The number of esters is 1. The van der Waals surface area contributed by atoms with Crippen LogP contribution in [0.3, 0.4) is 0 Å². The second-order valence-corrected chi connectivity index (χ2v) is 7.50. The molecule has 1 aromatic rings. The Hall–Kier alpha value is -1.72. The van der Waals surface area contributed by atoms with Crippen molar-refractivity contribution in [2.75, 3.05) is 6.61 Å². The summed E-state index contributed by atoms with van der Waals surface area (Å²) in [5.74, 6) is -0.162. The van der Waals surface area contributed by atoms with Gasteiger partial charge in [0.1, 0.15) is 11.9 Å². The Morgan fingerprint density at radius 3 is 2.54 bits per heavy atom. The Morgan fingerprint density at radius 2 is 1.92 bits per heavy atom. The zero-order valence-corrected chi connectivity index (χ0v) is 16.2. The van der Waals surface area contributed by atoms with Gasteiger partial charge in [-0.2, -0.15) is 0 Å². The Bertz CT molecular complexity index is 596. The summed E-state index contributed by atoms with van der Waals surface area (Å²) in [4.78, 5) is 23.5. The fourth-order valence-corrected chi connectivity index (χ4v) is 3.27. The summed E-state index contributed by atoms with van der Waals surface area (Å²) in [7, 11) is 0. The van der Waals surface area contributed by atoms with Gasteiger partial charge in [0.2, 0.25) is 0 Å². The van der Waals surface area contributed by atoms with Crippen LogP contribution in [0.1, 0.15) is 52.5 Å². The molecule has 0 radical (unpaired) electrons. The first-order valence-electron chi connectivity index (χ1n) is 9.29. The van der Waals surface area contributed by atoms with E-state index in [1.54, 1.807) is 0 Å². The lowest BCUT2D eigenvalue weighted by Gasteiger charge is -2.46. The molecule has 0 spiro atoms. The predicted molar refractivity (Wildman–Crippen MR) is 98.6 cm³/mol. The van der Waals surface area contributed by atoms with E-state index >= 15 is 0 Å². The zero-order valence-electron chi connectivity index (χ0n) is 16.2. The van der Waals surface area contributed by atoms with Crippen molar-refractivity contribution < 1.29 is 23.8 Å². The van der Waals surface area contributed by atoms with Crippen LogP contribution in [0.25, 0.3) is 0 Å². The van der Waals surface area contributed by atoms with Crippen LogP contribution in [0.15, 0.2) is 30.3 Å². The molecule has 0 saturated carbocycles. The van der Waals surface area contributed by atoms with Gasteiger partial charge in [-0.05, 0) is 5.56 Å². The number of hydrogen-bond donors (Lipinski definition) is 0. The molecule has 5 nitrogen and oxygen atoms in total. The van der Waals surface area contributed by atoms with Gasteiger partial charge in [-0.25, -0.2) is 0 Å². The lowest BCUT2D eigenvalue weighted by atomic mass is 9.74. The Morgan fingerprint density at radius 1 is 1.23 bits per heavy atom. The van der Waals surface area contributed by atoms with Crippen molar-refractivity contribution in [3.63, 3.8) is 0 Å². The van der Waals surface area contributed by atoms with Crippen molar-refractivity contribution in [2.45, 2.75) is 71.9 Å². The molecule has 0 N–H and O–H groups in total. The van der Waals surface area contributed by atoms with E-state index in [1.807, 2.05) is 51.1 Å². The summed E-state index contributed by atoms with van der Waals surface area (Å²) in [5, 5.41) is 0. The third-order valence-corrected chi connectivity index (χ3v) is 5.02. The minimum Gasteiger partial charge on any atom is -0.462 e. The zero-order chi connectivity index (χ0) is 19.2. The summed E-state index contributed by atoms with van der Waals surface area (Å²) in [6.07, 6.45) is 0.579. The molecule has 144 valence electrons. The topological polar surface area (TPSA) is 61.8 Å². The smallest absolute Gasteiger partial charge is 0.302 e. The van der Waals surface area contributed by atoms with Crippen LogP contribution in [0.2, 0.25) is 0 Å². The molecule has 0 aromatic heterocycles.